The van der Waals surface area contributed by atoms with Crippen molar-refractivity contribution in [2.45, 2.75) is 12.5 Å². The average molecular weight is 418 g/mol. The van der Waals surface area contributed by atoms with Crippen LogP contribution in [-0.4, -0.2) is 36.7 Å². The molecule has 0 atom stereocenters. The summed E-state index contributed by atoms with van der Waals surface area (Å²) in [6.07, 6.45) is 0. The van der Waals surface area contributed by atoms with E-state index in [0.29, 0.717) is 16.7 Å². The van der Waals surface area contributed by atoms with Crippen LogP contribution in [0.15, 0.2) is 91.0 Å². The monoisotopic (exact) mass is 418 g/mol. The van der Waals surface area contributed by atoms with E-state index in [-0.39, 0.29) is 13.2 Å². The van der Waals surface area contributed by atoms with Gasteiger partial charge in [0, 0.05) is 0 Å². The van der Waals surface area contributed by atoms with Gasteiger partial charge in [-0.25, -0.2) is 14.4 Å². The minimum Gasteiger partial charge on any atom is -0.458 e. The summed E-state index contributed by atoms with van der Waals surface area (Å²) in [5.41, 5.74) is -0.333. The highest BCUT2D eigenvalue weighted by Crippen LogP contribution is 2.18. The minimum atomic E-state index is -1.39. The van der Waals surface area contributed by atoms with Gasteiger partial charge in [-0.05, 0) is 43.3 Å². The molecule has 6 nitrogen and oxygen atoms in total. The maximum atomic E-state index is 12.6. The highest BCUT2D eigenvalue weighted by atomic mass is 16.6. The molecule has 3 rings (SSSR count). The number of hydrogen-bond donors (Lipinski definition) is 0. The molecule has 6 heteroatoms. The third-order valence-corrected chi connectivity index (χ3v) is 4.38. The summed E-state index contributed by atoms with van der Waals surface area (Å²) in [7, 11) is 0. The molecule has 3 aromatic carbocycles. The van der Waals surface area contributed by atoms with Crippen LogP contribution in [0.5, 0.6) is 0 Å². The molecule has 0 aromatic heterocycles. The van der Waals surface area contributed by atoms with Crippen LogP contribution in [0.2, 0.25) is 0 Å². The summed E-state index contributed by atoms with van der Waals surface area (Å²) in [5.74, 6) is -1.76. The Bertz CT molecular complexity index is 960. The molecule has 0 fully saturated rings. The molecule has 0 aliphatic heterocycles. The lowest BCUT2D eigenvalue weighted by Gasteiger charge is -2.28. The molecular weight excluding hydrogens is 396 g/mol. The van der Waals surface area contributed by atoms with Crippen molar-refractivity contribution in [3.05, 3.63) is 108 Å². The standard InChI is InChI=1S/C25H22O6/c1-25(31-24(28)21-15-9-4-10-16-21,17-29-22(26)19-11-5-2-6-12-19)18-30-23(27)20-13-7-3-8-14-20/h2-16H,17-18H2,1H3. The predicted molar refractivity (Wildman–Crippen MR) is 114 cm³/mol. The second-order valence-corrected chi connectivity index (χ2v) is 7.09. The number of benzene rings is 3. The molecule has 0 heterocycles. The predicted octanol–water partition coefficient (Wildman–Crippen LogP) is 4.32. The van der Waals surface area contributed by atoms with Gasteiger partial charge in [0.15, 0.2) is 5.60 Å². The third-order valence-electron chi connectivity index (χ3n) is 4.38. The van der Waals surface area contributed by atoms with E-state index in [1.165, 1.54) is 0 Å². The van der Waals surface area contributed by atoms with Gasteiger partial charge in [-0.3, -0.25) is 0 Å². The third kappa shape index (κ3) is 6.27. The molecule has 0 saturated heterocycles. The molecule has 0 aliphatic rings. The summed E-state index contributed by atoms with van der Waals surface area (Å²) in [5, 5.41) is 0. The van der Waals surface area contributed by atoms with Crippen LogP contribution in [-0.2, 0) is 14.2 Å². The second-order valence-electron chi connectivity index (χ2n) is 7.09. The lowest BCUT2D eigenvalue weighted by Crippen LogP contribution is -2.43. The van der Waals surface area contributed by atoms with Crippen LogP contribution in [0.3, 0.4) is 0 Å². The Labute approximate surface area is 180 Å². The Morgan fingerprint density at radius 1 is 0.581 bits per heavy atom. The molecule has 158 valence electrons. The summed E-state index contributed by atoms with van der Waals surface area (Å²) >= 11 is 0. The highest BCUT2D eigenvalue weighted by molar-refractivity contribution is 5.91. The maximum absolute atomic E-state index is 12.6. The molecule has 0 bridgehead atoms. The molecule has 0 saturated carbocycles. The van der Waals surface area contributed by atoms with E-state index in [1.54, 1.807) is 97.9 Å². The lowest BCUT2D eigenvalue weighted by molar-refractivity contribution is -0.0752. The topological polar surface area (TPSA) is 78.9 Å². The van der Waals surface area contributed by atoms with Gasteiger partial charge in [0.1, 0.15) is 13.2 Å². The van der Waals surface area contributed by atoms with Gasteiger partial charge >= 0.3 is 17.9 Å². The number of carbonyl (C=O) groups excluding carboxylic acids is 3. The van der Waals surface area contributed by atoms with E-state index < -0.39 is 23.5 Å². The Balaban J connectivity index is 1.71. The van der Waals surface area contributed by atoms with E-state index >= 15 is 0 Å². The van der Waals surface area contributed by atoms with Gasteiger partial charge < -0.3 is 14.2 Å². The average Bonchev–Trinajstić information content (AvgIpc) is 2.83. The molecule has 3 aromatic rings. The first-order valence-electron chi connectivity index (χ1n) is 9.70. The van der Waals surface area contributed by atoms with Crippen molar-refractivity contribution in [3.8, 4) is 0 Å². The molecule has 31 heavy (non-hydrogen) atoms. The van der Waals surface area contributed by atoms with Gasteiger partial charge in [-0.1, -0.05) is 54.6 Å². The highest BCUT2D eigenvalue weighted by Gasteiger charge is 2.34. The number of carbonyl (C=O) groups is 3. The lowest BCUT2D eigenvalue weighted by atomic mass is 10.1. The minimum absolute atomic E-state index is 0.290. The zero-order valence-electron chi connectivity index (χ0n) is 17.0. The SMILES string of the molecule is CC(COC(=O)c1ccccc1)(COC(=O)c1ccccc1)OC(=O)c1ccccc1. The molecular formula is C25H22O6. The van der Waals surface area contributed by atoms with E-state index in [2.05, 4.69) is 0 Å². The summed E-state index contributed by atoms with van der Waals surface area (Å²) in [6.45, 7) is 0.965. The Kier molecular flexibility index (Phi) is 7.17. The zero-order valence-corrected chi connectivity index (χ0v) is 17.0. The molecule has 0 aliphatic carbocycles. The first-order valence-corrected chi connectivity index (χ1v) is 9.70. The molecule has 0 amide bonds. The first kappa shape index (κ1) is 21.8. The van der Waals surface area contributed by atoms with Crippen LogP contribution in [0.25, 0.3) is 0 Å². The smallest absolute Gasteiger partial charge is 0.338 e. The fourth-order valence-corrected chi connectivity index (χ4v) is 2.71. The molecule has 0 N–H and O–H groups in total. The largest absolute Gasteiger partial charge is 0.458 e. The number of hydrogen-bond acceptors (Lipinski definition) is 6. The molecule has 0 spiro atoms. The van der Waals surface area contributed by atoms with E-state index in [1.807, 2.05) is 0 Å². The van der Waals surface area contributed by atoms with E-state index in [9.17, 15) is 14.4 Å². The number of esters is 3. The van der Waals surface area contributed by atoms with Crippen LogP contribution >= 0.6 is 0 Å². The van der Waals surface area contributed by atoms with Crippen molar-refractivity contribution in [3.63, 3.8) is 0 Å². The van der Waals surface area contributed by atoms with Crippen molar-refractivity contribution in [2.24, 2.45) is 0 Å². The summed E-state index contributed by atoms with van der Waals surface area (Å²) < 4.78 is 16.3. The maximum Gasteiger partial charge on any atom is 0.338 e. The van der Waals surface area contributed by atoms with E-state index in [4.69, 9.17) is 14.2 Å². The summed E-state index contributed by atoms with van der Waals surface area (Å²) in [4.78, 5) is 37.3. The van der Waals surface area contributed by atoms with Gasteiger partial charge in [-0.2, -0.15) is 0 Å². The number of ether oxygens (including phenoxy) is 3. The van der Waals surface area contributed by atoms with Gasteiger partial charge in [-0.15, -0.1) is 0 Å². The Morgan fingerprint density at radius 2 is 0.903 bits per heavy atom. The Hall–Kier alpha value is -3.93. The second kappa shape index (κ2) is 10.2. The summed E-state index contributed by atoms with van der Waals surface area (Å²) in [6, 6.07) is 25.3. The molecule has 0 unspecified atom stereocenters. The normalized spacial score (nSPS) is 10.7. The van der Waals surface area contributed by atoms with Gasteiger partial charge in [0.05, 0.1) is 16.7 Å². The van der Waals surface area contributed by atoms with Crippen LogP contribution in [0, 0.1) is 0 Å². The number of rotatable bonds is 8. The zero-order chi connectivity index (χ0) is 22.1. The Morgan fingerprint density at radius 3 is 1.26 bits per heavy atom. The van der Waals surface area contributed by atoms with Crippen molar-refractivity contribution >= 4 is 17.9 Å². The van der Waals surface area contributed by atoms with Crippen LogP contribution in [0.4, 0.5) is 0 Å². The fourth-order valence-electron chi connectivity index (χ4n) is 2.71. The molecule has 0 radical (unpaired) electrons. The fraction of sp³-hybridized carbons (Fsp3) is 0.160. The van der Waals surface area contributed by atoms with E-state index in [0.717, 1.165) is 0 Å². The van der Waals surface area contributed by atoms with Crippen LogP contribution in [0.1, 0.15) is 38.0 Å². The van der Waals surface area contributed by atoms with Gasteiger partial charge in [0.2, 0.25) is 0 Å². The van der Waals surface area contributed by atoms with Gasteiger partial charge in [0.25, 0.3) is 0 Å². The van der Waals surface area contributed by atoms with Crippen molar-refractivity contribution < 1.29 is 28.6 Å². The van der Waals surface area contributed by atoms with Crippen molar-refractivity contribution in [1.29, 1.82) is 0 Å². The quantitative estimate of drug-likeness (QED) is 0.401. The first-order chi connectivity index (χ1) is 15.0. The van der Waals surface area contributed by atoms with Crippen molar-refractivity contribution in [2.75, 3.05) is 13.2 Å². The van der Waals surface area contributed by atoms with Crippen molar-refractivity contribution in [1.82, 2.24) is 0 Å². The van der Waals surface area contributed by atoms with Crippen LogP contribution < -0.4 is 0 Å².